The fraction of sp³-hybridized carbons (Fsp3) is 0.444. The molecule has 0 aromatic carbocycles. The molecule has 1 aromatic heterocycles. The van der Waals surface area contributed by atoms with E-state index in [9.17, 15) is 0 Å². The van der Waals surface area contributed by atoms with Crippen LogP contribution in [0.5, 0.6) is 5.88 Å². The Hall–Kier alpha value is -1.09. The number of rotatable bonds is 1. The van der Waals surface area contributed by atoms with Gasteiger partial charge in [0.2, 0.25) is 5.88 Å². The van der Waals surface area contributed by atoms with Crippen LogP contribution in [0.4, 0.5) is 0 Å². The van der Waals surface area contributed by atoms with Crippen LogP contribution in [0.3, 0.4) is 0 Å². The topological polar surface area (TPSA) is 48.1 Å². The Morgan fingerprint density at radius 1 is 1.33 bits per heavy atom. The largest absolute Gasteiger partial charge is 0.481 e. The molecule has 0 radical (unpaired) electrons. The van der Waals surface area contributed by atoms with Crippen LogP contribution < -0.4 is 10.5 Å². The summed E-state index contributed by atoms with van der Waals surface area (Å²) >= 11 is 0. The van der Waals surface area contributed by atoms with Gasteiger partial charge < -0.3 is 10.5 Å². The highest BCUT2D eigenvalue weighted by Crippen LogP contribution is 2.13. The average Bonchev–Trinajstić information content (AvgIpc) is 2.08. The molecule has 3 heteroatoms. The van der Waals surface area contributed by atoms with Gasteiger partial charge in [-0.1, -0.05) is 0 Å². The van der Waals surface area contributed by atoms with Gasteiger partial charge in [0.1, 0.15) is 0 Å². The summed E-state index contributed by atoms with van der Waals surface area (Å²) in [6.45, 7) is 4.00. The highest BCUT2D eigenvalue weighted by Gasteiger charge is 1.96. The van der Waals surface area contributed by atoms with Crippen LogP contribution in [-0.2, 0) is 0 Å². The Kier molecular flexibility index (Phi) is 5.04. The lowest BCUT2D eigenvalue weighted by Crippen LogP contribution is -1.90. The van der Waals surface area contributed by atoms with Gasteiger partial charge in [-0.05, 0) is 32.5 Å². The lowest BCUT2D eigenvalue weighted by Gasteiger charge is -2.01. The summed E-state index contributed by atoms with van der Waals surface area (Å²) in [5.41, 5.74) is 6.75. The van der Waals surface area contributed by atoms with E-state index in [0.29, 0.717) is 5.88 Å². The summed E-state index contributed by atoms with van der Waals surface area (Å²) in [4.78, 5) is 4.07. The molecule has 0 aliphatic rings. The van der Waals surface area contributed by atoms with Crippen molar-refractivity contribution in [2.45, 2.75) is 13.8 Å². The highest BCUT2D eigenvalue weighted by molar-refractivity contribution is 5.27. The molecule has 0 unspecified atom stereocenters. The minimum atomic E-state index is 0.714. The molecule has 0 fully saturated rings. The Morgan fingerprint density at radius 2 is 1.92 bits per heavy atom. The first-order valence-electron chi connectivity index (χ1n) is 3.79. The van der Waals surface area contributed by atoms with Gasteiger partial charge in [0.25, 0.3) is 0 Å². The van der Waals surface area contributed by atoms with Crippen molar-refractivity contribution in [1.82, 2.24) is 4.98 Å². The molecule has 3 nitrogen and oxygen atoms in total. The molecule has 12 heavy (non-hydrogen) atoms. The monoisotopic (exact) mass is 168 g/mol. The summed E-state index contributed by atoms with van der Waals surface area (Å²) in [7, 11) is 3.13. The van der Waals surface area contributed by atoms with E-state index in [1.54, 1.807) is 13.3 Å². The molecule has 0 atom stereocenters. The van der Waals surface area contributed by atoms with Gasteiger partial charge in [-0.2, -0.15) is 0 Å². The van der Waals surface area contributed by atoms with Crippen molar-refractivity contribution in [3.8, 4) is 5.88 Å². The second kappa shape index (κ2) is 5.55. The van der Waals surface area contributed by atoms with E-state index in [0.717, 1.165) is 5.56 Å². The summed E-state index contributed by atoms with van der Waals surface area (Å²) in [5, 5.41) is 0. The Labute approximate surface area is 73.6 Å². The number of nitrogens with zero attached hydrogens (tertiary/aromatic N) is 1. The molecule has 0 spiro atoms. The number of aryl methyl sites for hydroxylation is 2. The van der Waals surface area contributed by atoms with Gasteiger partial charge in [0, 0.05) is 11.8 Å². The van der Waals surface area contributed by atoms with Crippen LogP contribution in [-0.4, -0.2) is 19.1 Å². The van der Waals surface area contributed by atoms with Crippen LogP contribution in [0, 0.1) is 13.8 Å². The van der Waals surface area contributed by atoms with Crippen molar-refractivity contribution >= 4 is 0 Å². The first kappa shape index (κ1) is 10.9. The summed E-state index contributed by atoms with van der Waals surface area (Å²) in [6.07, 6.45) is 1.80. The minimum absolute atomic E-state index is 0.714. The van der Waals surface area contributed by atoms with Crippen molar-refractivity contribution in [2.24, 2.45) is 5.73 Å². The van der Waals surface area contributed by atoms with Crippen LogP contribution in [0.25, 0.3) is 0 Å². The maximum absolute atomic E-state index is 4.99. The number of ether oxygens (including phenoxy) is 1. The normalized spacial score (nSPS) is 8.42. The van der Waals surface area contributed by atoms with E-state index in [1.807, 2.05) is 19.9 Å². The third-order valence-electron chi connectivity index (χ3n) is 1.36. The van der Waals surface area contributed by atoms with Crippen LogP contribution >= 0.6 is 0 Å². The quantitative estimate of drug-likeness (QED) is 0.687. The lowest BCUT2D eigenvalue weighted by atomic mass is 10.2. The second-order valence-corrected chi connectivity index (χ2v) is 2.34. The van der Waals surface area contributed by atoms with Gasteiger partial charge in [-0.15, -0.1) is 0 Å². The first-order valence-corrected chi connectivity index (χ1v) is 3.79. The first-order chi connectivity index (χ1) is 5.74. The maximum atomic E-state index is 4.99. The number of methoxy groups -OCH3 is 1. The second-order valence-electron chi connectivity index (χ2n) is 2.34. The molecule has 1 rings (SSSR count). The third-order valence-corrected chi connectivity index (χ3v) is 1.36. The van der Waals surface area contributed by atoms with Crippen LogP contribution in [0.1, 0.15) is 11.1 Å². The summed E-state index contributed by atoms with van der Waals surface area (Å²) in [6, 6.07) is 2.05. The van der Waals surface area contributed by atoms with Gasteiger partial charge in [0.05, 0.1) is 7.11 Å². The molecule has 0 aliphatic carbocycles. The Balaban J connectivity index is 0.000000561. The molecular weight excluding hydrogens is 152 g/mol. The van der Waals surface area contributed by atoms with E-state index in [-0.39, 0.29) is 0 Å². The van der Waals surface area contributed by atoms with Gasteiger partial charge in [-0.3, -0.25) is 0 Å². The van der Waals surface area contributed by atoms with Crippen molar-refractivity contribution in [3.05, 3.63) is 23.4 Å². The predicted molar refractivity (Wildman–Crippen MR) is 50.4 cm³/mol. The molecule has 0 saturated heterocycles. The van der Waals surface area contributed by atoms with E-state index in [2.05, 4.69) is 10.7 Å². The van der Waals surface area contributed by atoms with Gasteiger partial charge in [-0.25, -0.2) is 4.98 Å². The van der Waals surface area contributed by atoms with Crippen molar-refractivity contribution in [1.29, 1.82) is 0 Å². The number of hydrogen-bond donors (Lipinski definition) is 1. The fourth-order valence-electron chi connectivity index (χ4n) is 0.916. The van der Waals surface area contributed by atoms with Crippen LogP contribution in [0.2, 0.25) is 0 Å². The SMILES string of the molecule is CN.COc1ncc(C)cc1C. The Bertz CT molecular complexity index is 236. The number of hydrogen-bond acceptors (Lipinski definition) is 3. The molecule has 1 heterocycles. The van der Waals surface area contributed by atoms with E-state index in [1.165, 1.54) is 12.6 Å². The van der Waals surface area contributed by atoms with Gasteiger partial charge >= 0.3 is 0 Å². The fourth-order valence-corrected chi connectivity index (χ4v) is 0.916. The lowest BCUT2D eigenvalue weighted by molar-refractivity contribution is 0.394. The minimum Gasteiger partial charge on any atom is -0.481 e. The summed E-state index contributed by atoms with van der Waals surface area (Å²) < 4.78 is 4.99. The standard InChI is InChI=1S/C8H11NO.CH5N/c1-6-4-7(2)8(10-3)9-5-6;1-2/h4-5H,1-3H3;2H2,1H3. The van der Waals surface area contributed by atoms with Crippen molar-refractivity contribution < 1.29 is 4.74 Å². The number of pyridine rings is 1. The third kappa shape index (κ3) is 2.88. The molecule has 0 saturated carbocycles. The zero-order valence-corrected chi connectivity index (χ0v) is 8.09. The zero-order valence-electron chi connectivity index (χ0n) is 8.09. The zero-order chi connectivity index (χ0) is 9.56. The molecule has 68 valence electrons. The van der Waals surface area contributed by atoms with E-state index < -0.39 is 0 Å². The molecular formula is C9H16N2O. The highest BCUT2D eigenvalue weighted by atomic mass is 16.5. The molecule has 0 aliphatic heterocycles. The molecule has 0 amide bonds. The van der Waals surface area contributed by atoms with E-state index in [4.69, 9.17) is 4.74 Å². The van der Waals surface area contributed by atoms with E-state index >= 15 is 0 Å². The average molecular weight is 168 g/mol. The smallest absolute Gasteiger partial charge is 0.215 e. The number of nitrogens with two attached hydrogens (primary N) is 1. The molecule has 0 bridgehead atoms. The number of aromatic nitrogens is 1. The molecule has 2 N–H and O–H groups in total. The van der Waals surface area contributed by atoms with Crippen molar-refractivity contribution in [3.63, 3.8) is 0 Å². The van der Waals surface area contributed by atoms with Crippen LogP contribution in [0.15, 0.2) is 12.3 Å². The predicted octanol–water partition coefficient (Wildman–Crippen LogP) is 1.28. The Morgan fingerprint density at radius 3 is 2.33 bits per heavy atom. The van der Waals surface area contributed by atoms with Crippen molar-refractivity contribution in [2.75, 3.05) is 14.2 Å². The summed E-state index contributed by atoms with van der Waals surface area (Å²) in [5.74, 6) is 0.714. The molecule has 1 aromatic rings. The maximum Gasteiger partial charge on any atom is 0.215 e. The van der Waals surface area contributed by atoms with Gasteiger partial charge in [0.15, 0.2) is 0 Å².